The number of pyridine rings is 1. The minimum absolute atomic E-state index is 0.0946. The second kappa shape index (κ2) is 5.17. The van der Waals surface area contributed by atoms with Gasteiger partial charge in [0.05, 0.1) is 20.4 Å². The highest BCUT2D eigenvalue weighted by atomic mass is 127. The topological polar surface area (TPSA) is 118 Å². The molecule has 2 amide bonds. The fraction of sp³-hybridized carbons (Fsp3) is 0. The van der Waals surface area contributed by atoms with Crippen molar-refractivity contribution in [2.75, 3.05) is 5.73 Å². The number of imide groups is 1. The Labute approximate surface area is 141 Å². The Hall–Kier alpha value is -2.74. The maximum Gasteiger partial charge on any atom is 0.262 e. The lowest BCUT2D eigenvalue weighted by molar-refractivity contribution is 0.0880. The maximum atomic E-state index is 14.1. The molecule has 0 radical (unpaired) electrons. The van der Waals surface area contributed by atoms with Gasteiger partial charge in [0.2, 0.25) is 0 Å². The number of fused-ring (bicyclic) bond motifs is 1. The van der Waals surface area contributed by atoms with Crippen molar-refractivity contribution in [2.24, 2.45) is 0 Å². The van der Waals surface area contributed by atoms with Crippen LogP contribution in [-0.2, 0) is 0 Å². The molecule has 7 nitrogen and oxygen atoms in total. The molecule has 2 heterocycles. The normalized spacial score (nSPS) is 12.7. The van der Waals surface area contributed by atoms with Gasteiger partial charge >= 0.3 is 0 Å². The van der Waals surface area contributed by atoms with Gasteiger partial charge in [0.15, 0.2) is 5.82 Å². The predicted octanol–water partition coefficient (Wildman–Crippen LogP) is 0.919. The van der Waals surface area contributed by atoms with Crippen LogP contribution in [0, 0.1) is 20.7 Å². The summed E-state index contributed by atoms with van der Waals surface area (Å²) in [4.78, 5) is 35.7. The van der Waals surface area contributed by atoms with Crippen molar-refractivity contribution in [1.82, 2.24) is 9.88 Å². The number of hydrogen-bond donors (Lipinski definition) is 2. The van der Waals surface area contributed by atoms with Crippen LogP contribution < -0.4 is 16.6 Å². The molecule has 9 heteroatoms. The molecular formula is C14H6FIN4O3. The van der Waals surface area contributed by atoms with E-state index in [9.17, 15) is 24.0 Å². The zero-order valence-corrected chi connectivity index (χ0v) is 13.3. The van der Waals surface area contributed by atoms with Crippen LogP contribution in [0.5, 0.6) is 0 Å². The zero-order chi connectivity index (χ0) is 16.9. The van der Waals surface area contributed by atoms with E-state index < -0.39 is 23.2 Å². The van der Waals surface area contributed by atoms with Crippen molar-refractivity contribution in [3.63, 3.8) is 0 Å². The summed E-state index contributed by atoms with van der Waals surface area (Å²) < 4.78 is 15.1. The number of halogens is 2. The van der Waals surface area contributed by atoms with Gasteiger partial charge in [0, 0.05) is 6.07 Å². The van der Waals surface area contributed by atoms with Crippen molar-refractivity contribution in [2.45, 2.75) is 0 Å². The monoisotopic (exact) mass is 424 g/mol. The standard InChI is InChI=1S/C14H6FIN4O3/c15-11-6(4-17)8(2-1-7(11)16)20-9(21)3-5-10(12(20)18)14(23)19-13(5)22/h1-3H,18H2,(H,19,22,23). The Kier molecular flexibility index (Phi) is 3.41. The molecule has 0 spiro atoms. The number of nitrogens with two attached hydrogens (primary N) is 1. The Bertz CT molecular complexity index is 1010. The van der Waals surface area contributed by atoms with Crippen molar-refractivity contribution >= 4 is 40.2 Å². The number of nitrogen functional groups attached to an aromatic ring is 1. The second-order valence-corrected chi connectivity index (χ2v) is 5.80. The van der Waals surface area contributed by atoms with Gasteiger partial charge < -0.3 is 5.73 Å². The van der Waals surface area contributed by atoms with Crippen LogP contribution in [0.25, 0.3) is 5.69 Å². The van der Waals surface area contributed by atoms with Crippen molar-refractivity contribution in [3.05, 3.63) is 54.6 Å². The van der Waals surface area contributed by atoms with Crippen LogP contribution in [0.1, 0.15) is 26.3 Å². The molecular weight excluding hydrogens is 418 g/mol. The molecule has 3 N–H and O–H groups in total. The summed E-state index contributed by atoms with van der Waals surface area (Å²) in [5, 5.41) is 11.2. The third-order valence-electron chi connectivity index (χ3n) is 3.38. The van der Waals surface area contributed by atoms with Gasteiger partial charge in [-0.1, -0.05) is 0 Å². The molecule has 0 saturated carbocycles. The molecule has 0 bridgehead atoms. The number of benzene rings is 1. The summed E-state index contributed by atoms with van der Waals surface area (Å²) >= 11 is 1.71. The molecule has 23 heavy (non-hydrogen) atoms. The average molecular weight is 424 g/mol. The largest absolute Gasteiger partial charge is 0.384 e. The number of nitriles is 1. The van der Waals surface area contributed by atoms with E-state index >= 15 is 0 Å². The van der Waals surface area contributed by atoms with Crippen LogP contribution in [-0.4, -0.2) is 16.4 Å². The van der Waals surface area contributed by atoms with Gasteiger partial charge in [-0.15, -0.1) is 0 Å². The van der Waals surface area contributed by atoms with Crippen molar-refractivity contribution in [1.29, 1.82) is 5.26 Å². The van der Waals surface area contributed by atoms with E-state index in [1.807, 2.05) is 5.32 Å². The SMILES string of the molecule is N#Cc1c(-n2c(N)c3c(cc2=O)C(=O)NC3=O)ccc(I)c1F. The summed E-state index contributed by atoms with van der Waals surface area (Å²) in [6.45, 7) is 0. The number of aromatic nitrogens is 1. The molecule has 1 aromatic carbocycles. The van der Waals surface area contributed by atoms with Crippen molar-refractivity contribution in [3.8, 4) is 11.8 Å². The van der Waals surface area contributed by atoms with E-state index in [1.54, 1.807) is 28.7 Å². The number of anilines is 1. The Morgan fingerprint density at radius 2 is 1.96 bits per heavy atom. The lowest BCUT2D eigenvalue weighted by Crippen LogP contribution is -2.25. The summed E-state index contributed by atoms with van der Waals surface area (Å²) in [6, 6.07) is 5.34. The number of nitrogens with one attached hydrogen (secondary N) is 1. The Morgan fingerprint density at radius 1 is 1.26 bits per heavy atom. The fourth-order valence-corrected chi connectivity index (χ4v) is 2.81. The molecule has 1 aliphatic rings. The summed E-state index contributed by atoms with van der Waals surface area (Å²) in [6.07, 6.45) is 0. The van der Waals surface area contributed by atoms with E-state index in [4.69, 9.17) is 5.73 Å². The van der Waals surface area contributed by atoms with Crippen LogP contribution in [0.2, 0.25) is 0 Å². The van der Waals surface area contributed by atoms with Gasteiger partial charge in [-0.25, -0.2) is 4.39 Å². The quantitative estimate of drug-likeness (QED) is 0.522. The highest BCUT2D eigenvalue weighted by Gasteiger charge is 2.32. The first-order chi connectivity index (χ1) is 10.9. The van der Waals surface area contributed by atoms with Crippen LogP contribution in [0.15, 0.2) is 23.0 Å². The molecule has 3 rings (SSSR count). The summed E-state index contributed by atoms with van der Waals surface area (Å²) in [7, 11) is 0. The van der Waals surface area contributed by atoms with E-state index in [0.717, 1.165) is 10.6 Å². The smallest absolute Gasteiger partial charge is 0.262 e. The van der Waals surface area contributed by atoms with E-state index in [2.05, 4.69) is 0 Å². The predicted molar refractivity (Wildman–Crippen MR) is 85.6 cm³/mol. The van der Waals surface area contributed by atoms with E-state index in [0.29, 0.717) is 0 Å². The van der Waals surface area contributed by atoms with Gasteiger partial charge in [-0.3, -0.25) is 24.3 Å². The third kappa shape index (κ3) is 2.10. The maximum absolute atomic E-state index is 14.1. The minimum Gasteiger partial charge on any atom is -0.384 e. The first kappa shape index (κ1) is 15.2. The molecule has 0 fully saturated rings. The molecule has 0 unspecified atom stereocenters. The highest BCUT2D eigenvalue weighted by Crippen LogP contribution is 2.26. The Balaban J connectivity index is 2.41. The number of carbonyl (C=O) groups is 2. The summed E-state index contributed by atoms with van der Waals surface area (Å²) in [5.41, 5.74) is 4.32. The van der Waals surface area contributed by atoms with Gasteiger partial charge in [-0.2, -0.15) is 5.26 Å². The molecule has 0 aliphatic carbocycles. The molecule has 2 aromatic rings. The first-order valence-corrected chi connectivity index (χ1v) is 7.24. The lowest BCUT2D eigenvalue weighted by atomic mass is 10.1. The second-order valence-electron chi connectivity index (χ2n) is 4.64. The molecule has 114 valence electrons. The van der Waals surface area contributed by atoms with Crippen LogP contribution >= 0.6 is 22.6 Å². The van der Waals surface area contributed by atoms with Gasteiger partial charge in [0.1, 0.15) is 17.5 Å². The number of amides is 2. The first-order valence-electron chi connectivity index (χ1n) is 6.16. The Morgan fingerprint density at radius 3 is 2.61 bits per heavy atom. The number of rotatable bonds is 1. The fourth-order valence-electron chi connectivity index (χ4n) is 2.36. The minimum atomic E-state index is -0.794. The van der Waals surface area contributed by atoms with Crippen LogP contribution in [0.4, 0.5) is 10.2 Å². The zero-order valence-electron chi connectivity index (χ0n) is 11.2. The summed E-state index contributed by atoms with van der Waals surface area (Å²) in [5.74, 6) is -2.60. The number of carbonyl (C=O) groups excluding carboxylic acids is 2. The average Bonchev–Trinajstić information content (AvgIpc) is 2.77. The molecule has 1 aliphatic heterocycles. The highest BCUT2D eigenvalue weighted by molar-refractivity contribution is 14.1. The lowest BCUT2D eigenvalue weighted by Gasteiger charge is -2.13. The number of hydrogen-bond acceptors (Lipinski definition) is 5. The van der Waals surface area contributed by atoms with Gasteiger partial charge in [0.25, 0.3) is 17.4 Å². The van der Waals surface area contributed by atoms with E-state index in [1.165, 1.54) is 12.1 Å². The van der Waals surface area contributed by atoms with E-state index in [-0.39, 0.29) is 31.8 Å². The van der Waals surface area contributed by atoms with Gasteiger partial charge in [-0.05, 0) is 34.7 Å². The molecule has 0 atom stereocenters. The molecule has 0 saturated heterocycles. The van der Waals surface area contributed by atoms with Crippen LogP contribution in [0.3, 0.4) is 0 Å². The third-order valence-corrected chi connectivity index (χ3v) is 4.21. The molecule has 1 aromatic heterocycles. The van der Waals surface area contributed by atoms with Crippen molar-refractivity contribution < 1.29 is 14.0 Å². The number of nitrogens with zero attached hydrogens (tertiary/aromatic N) is 2.